The first-order chi connectivity index (χ1) is 8.26. The maximum atomic E-state index is 3.68. The molecule has 1 fully saturated rings. The fourth-order valence-electron chi connectivity index (χ4n) is 3.26. The summed E-state index contributed by atoms with van der Waals surface area (Å²) in [6.07, 6.45) is 6.82. The average Bonchev–Trinajstić information content (AvgIpc) is 2.80. The van der Waals surface area contributed by atoms with Gasteiger partial charge in [-0.15, -0.1) is 0 Å². The Labute approximate surface area is 108 Å². The molecule has 2 unspecified atom stereocenters. The van der Waals surface area contributed by atoms with Crippen molar-refractivity contribution < 1.29 is 0 Å². The summed E-state index contributed by atoms with van der Waals surface area (Å²) in [4.78, 5) is 2.73. The normalized spacial score (nSPS) is 25.1. The van der Waals surface area contributed by atoms with Gasteiger partial charge in [0.15, 0.2) is 0 Å². The van der Waals surface area contributed by atoms with Crippen molar-refractivity contribution in [3.05, 3.63) is 0 Å². The first kappa shape index (κ1) is 15.0. The number of hydrogen-bond donors (Lipinski definition) is 1. The smallest absolute Gasteiger partial charge is 0.0249 e. The summed E-state index contributed by atoms with van der Waals surface area (Å²) in [6, 6.07) is 1.54. The van der Waals surface area contributed by atoms with Crippen molar-refractivity contribution in [1.82, 2.24) is 10.2 Å². The molecule has 0 amide bonds. The van der Waals surface area contributed by atoms with Crippen LogP contribution in [0.5, 0.6) is 0 Å². The minimum Gasteiger partial charge on any atom is -0.313 e. The number of nitrogens with zero attached hydrogens (tertiary/aromatic N) is 1. The summed E-state index contributed by atoms with van der Waals surface area (Å²) in [5.41, 5.74) is 0. The summed E-state index contributed by atoms with van der Waals surface area (Å²) < 4.78 is 0. The van der Waals surface area contributed by atoms with Crippen molar-refractivity contribution in [3.8, 4) is 0 Å². The van der Waals surface area contributed by atoms with Crippen LogP contribution in [0, 0.1) is 5.92 Å². The van der Waals surface area contributed by atoms with E-state index in [-0.39, 0.29) is 0 Å². The van der Waals surface area contributed by atoms with Gasteiger partial charge in [-0.3, -0.25) is 4.90 Å². The second kappa shape index (κ2) is 8.10. The summed E-state index contributed by atoms with van der Waals surface area (Å²) in [6.45, 7) is 12.8. The molecule has 0 bridgehead atoms. The van der Waals surface area contributed by atoms with E-state index in [0.29, 0.717) is 0 Å². The monoisotopic (exact) mass is 240 g/mol. The third-order valence-corrected chi connectivity index (χ3v) is 4.47. The van der Waals surface area contributed by atoms with Crippen LogP contribution in [-0.4, -0.2) is 36.6 Å². The molecule has 2 nitrogen and oxygen atoms in total. The van der Waals surface area contributed by atoms with E-state index in [1.165, 1.54) is 45.2 Å². The van der Waals surface area contributed by atoms with Gasteiger partial charge in [-0.25, -0.2) is 0 Å². The van der Waals surface area contributed by atoms with Gasteiger partial charge in [0.05, 0.1) is 0 Å². The van der Waals surface area contributed by atoms with E-state index in [4.69, 9.17) is 0 Å². The molecule has 0 aromatic heterocycles. The molecule has 1 rings (SSSR count). The molecular weight excluding hydrogens is 208 g/mol. The standard InChI is InChI=1S/C15H32N2/c1-5-13(6-2)12-17(8-4)15-11-9-10-14(15)16-7-3/h13-16H,5-12H2,1-4H3. The number of hydrogen-bond acceptors (Lipinski definition) is 2. The lowest BCUT2D eigenvalue weighted by Gasteiger charge is -2.34. The van der Waals surface area contributed by atoms with E-state index in [0.717, 1.165) is 24.5 Å². The zero-order valence-electron chi connectivity index (χ0n) is 12.3. The van der Waals surface area contributed by atoms with Gasteiger partial charge in [0.2, 0.25) is 0 Å². The van der Waals surface area contributed by atoms with Gasteiger partial charge in [0.25, 0.3) is 0 Å². The molecule has 102 valence electrons. The highest BCUT2D eigenvalue weighted by Gasteiger charge is 2.31. The highest BCUT2D eigenvalue weighted by atomic mass is 15.2. The second-order valence-corrected chi connectivity index (χ2v) is 5.43. The Kier molecular flexibility index (Phi) is 7.14. The van der Waals surface area contributed by atoms with E-state index in [1.54, 1.807) is 0 Å². The molecule has 0 saturated heterocycles. The van der Waals surface area contributed by atoms with Gasteiger partial charge in [0, 0.05) is 18.6 Å². The summed E-state index contributed by atoms with van der Waals surface area (Å²) in [5.74, 6) is 0.887. The van der Waals surface area contributed by atoms with Crippen molar-refractivity contribution in [3.63, 3.8) is 0 Å². The van der Waals surface area contributed by atoms with Crippen LogP contribution in [0.3, 0.4) is 0 Å². The van der Waals surface area contributed by atoms with Crippen LogP contribution in [-0.2, 0) is 0 Å². The first-order valence-corrected chi connectivity index (χ1v) is 7.74. The predicted molar refractivity (Wildman–Crippen MR) is 76.4 cm³/mol. The van der Waals surface area contributed by atoms with E-state index >= 15 is 0 Å². The highest BCUT2D eigenvalue weighted by molar-refractivity contribution is 4.90. The largest absolute Gasteiger partial charge is 0.313 e. The molecule has 1 saturated carbocycles. The molecule has 0 radical (unpaired) electrons. The first-order valence-electron chi connectivity index (χ1n) is 7.74. The van der Waals surface area contributed by atoms with Crippen molar-refractivity contribution in [2.75, 3.05) is 19.6 Å². The van der Waals surface area contributed by atoms with E-state index in [1.807, 2.05) is 0 Å². The van der Waals surface area contributed by atoms with Gasteiger partial charge < -0.3 is 5.32 Å². The average molecular weight is 240 g/mol. The molecule has 17 heavy (non-hydrogen) atoms. The lowest BCUT2D eigenvalue weighted by atomic mass is 10.0. The number of nitrogens with one attached hydrogen (secondary N) is 1. The SMILES string of the molecule is CCNC1CCCC1N(CC)CC(CC)CC. The van der Waals surface area contributed by atoms with Crippen molar-refractivity contribution in [1.29, 1.82) is 0 Å². The van der Waals surface area contributed by atoms with Crippen LogP contribution < -0.4 is 5.32 Å². The molecule has 2 heteroatoms. The maximum absolute atomic E-state index is 3.68. The summed E-state index contributed by atoms with van der Waals surface area (Å²) in [5, 5.41) is 3.68. The molecule has 2 atom stereocenters. The zero-order chi connectivity index (χ0) is 12.7. The lowest BCUT2D eigenvalue weighted by molar-refractivity contribution is 0.151. The topological polar surface area (TPSA) is 15.3 Å². The quantitative estimate of drug-likeness (QED) is 0.700. The van der Waals surface area contributed by atoms with Crippen LogP contribution >= 0.6 is 0 Å². The maximum Gasteiger partial charge on any atom is 0.0249 e. The molecule has 1 N–H and O–H groups in total. The minimum atomic E-state index is 0.745. The van der Waals surface area contributed by atoms with Crippen LogP contribution in [0.15, 0.2) is 0 Å². The van der Waals surface area contributed by atoms with Crippen molar-refractivity contribution in [2.24, 2.45) is 5.92 Å². The third kappa shape index (κ3) is 4.26. The Bertz CT molecular complexity index is 189. The third-order valence-electron chi connectivity index (χ3n) is 4.47. The van der Waals surface area contributed by atoms with Gasteiger partial charge >= 0.3 is 0 Å². The molecule has 0 aromatic rings. The van der Waals surface area contributed by atoms with E-state index < -0.39 is 0 Å². The Hall–Kier alpha value is -0.0800. The molecule has 0 spiro atoms. The van der Waals surface area contributed by atoms with Gasteiger partial charge in [-0.1, -0.05) is 47.0 Å². The van der Waals surface area contributed by atoms with E-state index in [9.17, 15) is 0 Å². The molecule has 0 heterocycles. The van der Waals surface area contributed by atoms with Crippen molar-refractivity contribution in [2.45, 2.75) is 71.9 Å². The Morgan fingerprint density at radius 2 is 1.82 bits per heavy atom. The van der Waals surface area contributed by atoms with Gasteiger partial charge in [-0.2, -0.15) is 0 Å². The van der Waals surface area contributed by atoms with Crippen LogP contribution in [0.25, 0.3) is 0 Å². The fraction of sp³-hybridized carbons (Fsp3) is 1.00. The van der Waals surface area contributed by atoms with Gasteiger partial charge in [-0.05, 0) is 31.8 Å². The Morgan fingerprint density at radius 1 is 1.12 bits per heavy atom. The molecule has 0 aliphatic heterocycles. The van der Waals surface area contributed by atoms with Crippen LogP contribution in [0.4, 0.5) is 0 Å². The van der Waals surface area contributed by atoms with Gasteiger partial charge in [0.1, 0.15) is 0 Å². The second-order valence-electron chi connectivity index (χ2n) is 5.43. The fourth-order valence-corrected chi connectivity index (χ4v) is 3.26. The predicted octanol–water partition coefficient (Wildman–Crippen LogP) is 3.28. The van der Waals surface area contributed by atoms with E-state index in [2.05, 4.69) is 37.9 Å². The summed E-state index contributed by atoms with van der Waals surface area (Å²) in [7, 11) is 0. The lowest BCUT2D eigenvalue weighted by Crippen LogP contribution is -2.48. The zero-order valence-corrected chi connectivity index (χ0v) is 12.3. The Morgan fingerprint density at radius 3 is 2.35 bits per heavy atom. The molecule has 1 aliphatic rings. The molecule has 0 aromatic carbocycles. The Balaban J connectivity index is 2.53. The molecule has 1 aliphatic carbocycles. The molecular formula is C15H32N2. The van der Waals surface area contributed by atoms with Crippen LogP contribution in [0.1, 0.15) is 59.8 Å². The van der Waals surface area contributed by atoms with Crippen molar-refractivity contribution >= 4 is 0 Å². The highest BCUT2D eigenvalue weighted by Crippen LogP contribution is 2.25. The number of rotatable bonds is 8. The summed E-state index contributed by atoms with van der Waals surface area (Å²) >= 11 is 0. The minimum absolute atomic E-state index is 0.745. The van der Waals surface area contributed by atoms with Crippen LogP contribution in [0.2, 0.25) is 0 Å². The number of likely N-dealkylation sites (N-methyl/N-ethyl adjacent to an activating group) is 2.